The van der Waals surface area contributed by atoms with Gasteiger partial charge in [0, 0.05) is 13.8 Å². The smallest absolute Gasteiger partial charge is 0.475 e. The second-order valence-electron chi connectivity index (χ2n) is 3.24. The first-order chi connectivity index (χ1) is 7.73. The summed E-state index contributed by atoms with van der Waals surface area (Å²) in [4.78, 5) is 43.5. The highest BCUT2D eigenvalue weighted by Crippen LogP contribution is 2.00. The molecule has 0 aromatic rings. The summed E-state index contributed by atoms with van der Waals surface area (Å²) in [5, 5.41) is 0. The highest BCUT2D eigenvalue weighted by molar-refractivity contribution is 7.08. The first-order valence-corrected chi connectivity index (χ1v) is 4.74. The minimum Gasteiger partial charge on any atom is -0.475 e. The van der Waals surface area contributed by atoms with Crippen molar-refractivity contribution < 1.29 is 33.1 Å². The molecule has 0 unspecified atom stereocenters. The molecule has 0 aromatic carbocycles. The van der Waals surface area contributed by atoms with Crippen LogP contribution in [-0.4, -0.2) is 37.5 Å². The van der Waals surface area contributed by atoms with Gasteiger partial charge in [-0.1, -0.05) is 0 Å². The van der Waals surface area contributed by atoms with Crippen molar-refractivity contribution in [2.24, 2.45) is 0 Å². The average Bonchev–Trinajstić information content (AvgIpc) is 2.10. The maximum Gasteiger partial charge on any atom is 0.776 e. The summed E-state index contributed by atoms with van der Waals surface area (Å²) in [5.74, 6) is -1.55. The second kappa shape index (κ2) is 6.85. The van der Waals surface area contributed by atoms with Gasteiger partial charge in [-0.3, -0.25) is 9.59 Å². The zero-order valence-electron chi connectivity index (χ0n) is 10.0. The van der Waals surface area contributed by atoms with Gasteiger partial charge in [-0.25, -0.2) is 0 Å². The van der Waals surface area contributed by atoms with E-state index in [1.807, 2.05) is 0 Å². The number of carbonyl (C=O) groups excluding carboxylic acids is 4. The van der Waals surface area contributed by atoms with Crippen molar-refractivity contribution in [2.75, 3.05) is 0 Å². The number of rotatable bonds is 6. The van der Waals surface area contributed by atoms with Crippen LogP contribution in [0.4, 0.5) is 0 Å². The normalized spacial score (nSPS) is 9.18. The molecule has 0 rings (SSSR count). The molecule has 0 saturated heterocycles. The number of hydrogen-bond acceptors (Lipinski definition) is 7. The highest BCUT2D eigenvalue weighted by atomic mass is 16.7. The van der Waals surface area contributed by atoms with Crippen LogP contribution in [0.3, 0.4) is 0 Å². The van der Waals surface area contributed by atoms with Crippen LogP contribution in [-0.2, 0) is 33.1 Å². The lowest BCUT2D eigenvalue weighted by molar-refractivity contribution is -0.140. The molecule has 0 saturated carbocycles. The van der Waals surface area contributed by atoms with E-state index in [-0.39, 0.29) is 0 Å². The Kier molecular flexibility index (Phi) is 6.19. The van der Waals surface area contributed by atoms with E-state index >= 15 is 0 Å². The van der Waals surface area contributed by atoms with E-state index in [9.17, 15) is 19.2 Å². The molecular formula is C8H12B2O7. The third-order valence-electron chi connectivity index (χ3n) is 1.51. The number of hydrogen-bond donors (Lipinski definition) is 0. The van der Waals surface area contributed by atoms with E-state index in [0.29, 0.717) is 0 Å². The summed E-state index contributed by atoms with van der Waals surface area (Å²) in [6, 6.07) is 0. The van der Waals surface area contributed by atoms with Gasteiger partial charge in [-0.15, -0.1) is 0 Å². The van der Waals surface area contributed by atoms with Gasteiger partial charge < -0.3 is 23.5 Å². The molecule has 0 aliphatic heterocycles. The van der Waals surface area contributed by atoms with Crippen LogP contribution in [0, 0.1) is 0 Å². The van der Waals surface area contributed by atoms with Crippen molar-refractivity contribution in [2.45, 2.75) is 27.7 Å². The van der Waals surface area contributed by atoms with Gasteiger partial charge in [-0.2, -0.15) is 0 Å². The molecule has 17 heavy (non-hydrogen) atoms. The van der Waals surface area contributed by atoms with E-state index in [4.69, 9.17) is 4.57 Å². The van der Waals surface area contributed by atoms with Crippen LogP contribution in [0.25, 0.3) is 0 Å². The van der Waals surface area contributed by atoms with Gasteiger partial charge in [-0.05, 0) is 13.8 Å². The molecule has 0 aliphatic carbocycles. The molecule has 0 radical (unpaired) electrons. The Bertz CT molecular complexity index is 311. The summed E-state index contributed by atoms with van der Waals surface area (Å²) < 4.78 is 13.8. The Balaban J connectivity index is 4.69. The molecule has 9 heteroatoms. The maximum atomic E-state index is 11.1. The quantitative estimate of drug-likeness (QED) is 0.571. The Morgan fingerprint density at radius 3 is 1.35 bits per heavy atom. The fourth-order valence-corrected chi connectivity index (χ4v) is 0.940. The summed E-state index contributed by atoms with van der Waals surface area (Å²) in [6.07, 6.45) is 0. The Morgan fingerprint density at radius 1 is 0.765 bits per heavy atom. The van der Waals surface area contributed by atoms with Crippen molar-refractivity contribution in [3.8, 4) is 0 Å². The summed E-state index contributed by atoms with van der Waals surface area (Å²) in [5.41, 5.74) is -1.16. The predicted molar refractivity (Wildman–Crippen MR) is 57.5 cm³/mol. The molecule has 92 valence electrons. The van der Waals surface area contributed by atoms with Crippen LogP contribution in [0.5, 0.6) is 0 Å². The standard InChI is InChI=1S/C8H12B2O7/c1-5(11)9(6(2)12)17-10(15-7(3)13)16-8(4)14/h1-4H3. The van der Waals surface area contributed by atoms with Crippen molar-refractivity contribution in [3.63, 3.8) is 0 Å². The van der Waals surface area contributed by atoms with Crippen LogP contribution in [0.2, 0.25) is 0 Å². The number of carbonyl (C=O) groups is 4. The Labute approximate surface area is 99.1 Å². The molecule has 0 atom stereocenters. The molecule has 0 N–H and O–H groups in total. The van der Waals surface area contributed by atoms with Crippen LogP contribution in [0.15, 0.2) is 0 Å². The molecule has 0 amide bonds. The van der Waals surface area contributed by atoms with Gasteiger partial charge >= 0.3 is 14.2 Å². The van der Waals surface area contributed by atoms with E-state index in [1.165, 1.54) is 0 Å². The van der Waals surface area contributed by atoms with E-state index in [1.54, 1.807) is 0 Å². The Hall–Kier alpha value is -1.63. The summed E-state index contributed by atoms with van der Waals surface area (Å²) >= 11 is 0. The first-order valence-electron chi connectivity index (χ1n) is 4.74. The van der Waals surface area contributed by atoms with Gasteiger partial charge in [0.2, 0.25) is 0 Å². The first kappa shape index (κ1) is 15.4. The molecule has 7 nitrogen and oxygen atoms in total. The molecule has 0 aliphatic rings. The second-order valence-corrected chi connectivity index (χ2v) is 3.24. The largest absolute Gasteiger partial charge is 0.776 e. The molecular weight excluding hydrogens is 230 g/mol. The lowest BCUT2D eigenvalue weighted by Crippen LogP contribution is -2.44. The van der Waals surface area contributed by atoms with Crippen LogP contribution < -0.4 is 0 Å². The SMILES string of the molecule is CC(=O)OB(OB(C(C)=O)C(C)=O)OC(C)=O. The monoisotopic (exact) mass is 242 g/mol. The van der Waals surface area contributed by atoms with Gasteiger partial charge in [0.05, 0.1) is 0 Å². The molecule has 0 heterocycles. The predicted octanol–water partition coefficient (Wildman–Crippen LogP) is -0.638. The van der Waals surface area contributed by atoms with Gasteiger partial charge in [0.1, 0.15) is 11.4 Å². The molecule has 0 fully saturated rings. The third-order valence-corrected chi connectivity index (χ3v) is 1.51. The fourth-order valence-electron chi connectivity index (χ4n) is 0.940. The lowest BCUT2D eigenvalue weighted by atomic mass is 9.59. The van der Waals surface area contributed by atoms with Crippen LogP contribution >= 0.6 is 0 Å². The maximum absolute atomic E-state index is 11.1. The molecule has 0 spiro atoms. The van der Waals surface area contributed by atoms with Crippen molar-refractivity contribution in [1.82, 2.24) is 0 Å². The van der Waals surface area contributed by atoms with E-state index < -0.39 is 37.5 Å². The molecule has 0 aromatic heterocycles. The van der Waals surface area contributed by atoms with Crippen molar-refractivity contribution in [3.05, 3.63) is 0 Å². The Morgan fingerprint density at radius 2 is 1.12 bits per heavy atom. The highest BCUT2D eigenvalue weighted by Gasteiger charge is 2.39. The minimum absolute atomic E-state index is 0.582. The van der Waals surface area contributed by atoms with Crippen molar-refractivity contribution in [1.29, 1.82) is 0 Å². The van der Waals surface area contributed by atoms with Gasteiger partial charge in [0.15, 0.2) is 0 Å². The zero-order valence-corrected chi connectivity index (χ0v) is 10.0. The third kappa shape index (κ3) is 6.52. The summed E-state index contributed by atoms with van der Waals surface area (Å²) in [7, 11) is -1.71. The molecule has 0 bridgehead atoms. The van der Waals surface area contributed by atoms with Crippen molar-refractivity contribution >= 4 is 37.5 Å². The fraction of sp³-hybridized carbons (Fsp3) is 0.500. The average molecular weight is 242 g/mol. The summed E-state index contributed by atoms with van der Waals surface area (Å²) in [6.45, 7) is 2.96. The van der Waals surface area contributed by atoms with Crippen LogP contribution in [0.1, 0.15) is 27.7 Å². The lowest BCUT2D eigenvalue weighted by Gasteiger charge is -2.14. The van der Waals surface area contributed by atoms with Gasteiger partial charge in [0.25, 0.3) is 11.9 Å². The zero-order chi connectivity index (χ0) is 13.6. The van der Waals surface area contributed by atoms with E-state index in [0.717, 1.165) is 27.7 Å². The topological polar surface area (TPSA) is 96.0 Å². The minimum atomic E-state index is -1.71. The van der Waals surface area contributed by atoms with E-state index in [2.05, 4.69) is 9.31 Å².